The number of carboxylic acids is 1. The van der Waals surface area contributed by atoms with E-state index in [0.29, 0.717) is 5.56 Å². The largest absolute Gasteiger partial charge is 0.479 e. The van der Waals surface area contributed by atoms with E-state index in [0.717, 1.165) is 10.2 Å². The Morgan fingerprint density at radius 2 is 1.89 bits per heavy atom. The van der Waals surface area contributed by atoms with Crippen LogP contribution in [0.25, 0.3) is 0 Å². The quantitative estimate of drug-likeness (QED) is 0.907. The number of nitrogens with zero attached hydrogens (tertiary/aromatic N) is 1. The van der Waals surface area contributed by atoms with Gasteiger partial charge in [-0.2, -0.15) is 0 Å². The summed E-state index contributed by atoms with van der Waals surface area (Å²) in [6, 6.07) is 10.8. The van der Waals surface area contributed by atoms with Gasteiger partial charge in [-0.15, -0.1) is 0 Å². The molecule has 5 heteroatoms. The van der Waals surface area contributed by atoms with Gasteiger partial charge in [0.25, 0.3) is 0 Å². The molecule has 98 valence electrons. The van der Waals surface area contributed by atoms with Crippen molar-refractivity contribution in [3.8, 4) is 0 Å². The van der Waals surface area contributed by atoms with Crippen molar-refractivity contribution < 1.29 is 9.90 Å². The number of carboxylic acid groups (broad SMARTS) is 1. The highest BCUT2D eigenvalue weighted by Crippen LogP contribution is 2.30. The van der Waals surface area contributed by atoms with Gasteiger partial charge in [-0.05, 0) is 52.7 Å². The highest BCUT2D eigenvalue weighted by Gasteiger charge is 2.35. The van der Waals surface area contributed by atoms with Crippen LogP contribution in [0.1, 0.15) is 12.5 Å². The molecule has 1 aromatic carbocycles. The van der Waals surface area contributed by atoms with Gasteiger partial charge in [0.05, 0.1) is 0 Å². The number of benzene rings is 1. The van der Waals surface area contributed by atoms with Gasteiger partial charge in [-0.25, -0.2) is 4.79 Å². The fourth-order valence-electron chi connectivity index (χ4n) is 1.77. The van der Waals surface area contributed by atoms with Gasteiger partial charge in [0.15, 0.2) is 5.54 Å². The lowest BCUT2D eigenvalue weighted by atomic mass is 9.92. The van der Waals surface area contributed by atoms with Crippen LogP contribution < -0.4 is 5.32 Å². The molecule has 2 N–H and O–H groups in total. The molecule has 0 aliphatic carbocycles. The molecule has 0 saturated heterocycles. The summed E-state index contributed by atoms with van der Waals surface area (Å²) in [7, 11) is 0. The van der Waals surface area contributed by atoms with E-state index in [1.807, 2.05) is 24.3 Å². The Bertz CT molecular complexity index is 589. The highest BCUT2D eigenvalue weighted by atomic mass is 79.9. The van der Waals surface area contributed by atoms with E-state index in [1.54, 1.807) is 31.5 Å². The first-order valence-electron chi connectivity index (χ1n) is 5.70. The fraction of sp³-hybridized carbons (Fsp3) is 0.143. The normalized spacial score (nSPS) is 13.6. The molecule has 2 aromatic rings. The Morgan fingerprint density at radius 1 is 1.26 bits per heavy atom. The summed E-state index contributed by atoms with van der Waals surface area (Å²) >= 11 is 3.40. The molecule has 0 fully saturated rings. The predicted molar refractivity (Wildman–Crippen MR) is 77.0 cm³/mol. The number of carbonyl (C=O) groups is 1. The van der Waals surface area contributed by atoms with E-state index in [4.69, 9.17) is 0 Å². The third-order valence-electron chi connectivity index (χ3n) is 2.94. The maximum Gasteiger partial charge on any atom is 0.333 e. The Morgan fingerprint density at radius 3 is 2.47 bits per heavy atom. The number of aliphatic carboxylic acids is 1. The number of hydrogen-bond acceptors (Lipinski definition) is 3. The van der Waals surface area contributed by atoms with Crippen LogP contribution in [0.4, 0.5) is 5.69 Å². The molecule has 0 aliphatic heterocycles. The average molecular weight is 321 g/mol. The number of nitrogens with one attached hydrogen (secondary N) is 1. The Balaban J connectivity index is 2.42. The van der Waals surface area contributed by atoms with Crippen molar-refractivity contribution in [1.29, 1.82) is 0 Å². The minimum Gasteiger partial charge on any atom is -0.479 e. The van der Waals surface area contributed by atoms with Gasteiger partial charge in [0, 0.05) is 22.6 Å². The van der Waals surface area contributed by atoms with Crippen LogP contribution in [-0.4, -0.2) is 16.1 Å². The van der Waals surface area contributed by atoms with Crippen molar-refractivity contribution in [2.45, 2.75) is 12.5 Å². The summed E-state index contributed by atoms with van der Waals surface area (Å²) in [4.78, 5) is 15.6. The van der Waals surface area contributed by atoms with Gasteiger partial charge >= 0.3 is 5.97 Å². The number of pyridine rings is 1. The zero-order valence-electron chi connectivity index (χ0n) is 10.3. The summed E-state index contributed by atoms with van der Waals surface area (Å²) in [6.07, 6.45) is 3.16. The van der Waals surface area contributed by atoms with Gasteiger partial charge in [0.1, 0.15) is 0 Å². The van der Waals surface area contributed by atoms with E-state index in [1.165, 1.54) is 0 Å². The Hall–Kier alpha value is -1.88. The maximum atomic E-state index is 11.6. The summed E-state index contributed by atoms with van der Waals surface area (Å²) in [6.45, 7) is 1.63. The molecule has 0 radical (unpaired) electrons. The van der Waals surface area contributed by atoms with Crippen LogP contribution in [0.2, 0.25) is 0 Å². The third kappa shape index (κ3) is 2.76. The lowest BCUT2D eigenvalue weighted by Gasteiger charge is -2.28. The molecule has 0 aliphatic rings. The highest BCUT2D eigenvalue weighted by molar-refractivity contribution is 9.10. The van der Waals surface area contributed by atoms with Crippen molar-refractivity contribution in [2.24, 2.45) is 0 Å². The molecule has 1 aromatic heterocycles. The van der Waals surface area contributed by atoms with E-state index in [2.05, 4.69) is 26.2 Å². The monoisotopic (exact) mass is 320 g/mol. The van der Waals surface area contributed by atoms with Gasteiger partial charge in [0.2, 0.25) is 0 Å². The van der Waals surface area contributed by atoms with Crippen LogP contribution in [0.3, 0.4) is 0 Å². The van der Waals surface area contributed by atoms with Crippen LogP contribution >= 0.6 is 15.9 Å². The molecular formula is C14H13BrN2O2. The Labute approximate surface area is 119 Å². The molecule has 0 spiro atoms. The zero-order valence-corrected chi connectivity index (χ0v) is 11.9. The van der Waals surface area contributed by atoms with Crippen LogP contribution in [0.15, 0.2) is 53.3 Å². The summed E-state index contributed by atoms with van der Waals surface area (Å²) in [5.41, 5.74) is 0.155. The lowest BCUT2D eigenvalue weighted by molar-refractivity contribution is -0.142. The minimum atomic E-state index is -1.22. The molecule has 1 heterocycles. The molecular weight excluding hydrogens is 308 g/mol. The smallest absolute Gasteiger partial charge is 0.333 e. The van der Waals surface area contributed by atoms with Crippen molar-refractivity contribution in [3.05, 3.63) is 58.8 Å². The standard InChI is InChI=1S/C14H13BrN2O2/c1-14(13(18)19,10-6-8-16-9-7-10)17-12-5-3-2-4-11(12)15/h2-9,17H,1H3,(H,18,19). The van der Waals surface area contributed by atoms with Crippen LogP contribution in [-0.2, 0) is 10.3 Å². The number of hydrogen-bond donors (Lipinski definition) is 2. The average Bonchev–Trinajstić information content (AvgIpc) is 2.42. The summed E-state index contributed by atoms with van der Waals surface area (Å²) < 4.78 is 0.816. The van der Waals surface area contributed by atoms with Crippen LogP contribution in [0, 0.1) is 0 Å². The van der Waals surface area contributed by atoms with Gasteiger partial charge in [-0.1, -0.05) is 12.1 Å². The van der Waals surface area contributed by atoms with Crippen molar-refractivity contribution in [2.75, 3.05) is 5.32 Å². The number of halogens is 1. The number of rotatable bonds is 4. The second-order valence-corrected chi connectivity index (χ2v) is 5.13. The Kier molecular flexibility index (Phi) is 3.85. The molecule has 0 saturated carbocycles. The molecule has 0 bridgehead atoms. The molecule has 19 heavy (non-hydrogen) atoms. The van der Waals surface area contributed by atoms with E-state index < -0.39 is 11.5 Å². The second-order valence-electron chi connectivity index (χ2n) is 4.27. The zero-order chi connectivity index (χ0) is 13.9. The number of anilines is 1. The molecule has 1 unspecified atom stereocenters. The van der Waals surface area contributed by atoms with Gasteiger partial charge in [-0.3, -0.25) is 4.98 Å². The minimum absolute atomic E-state index is 0.644. The maximum absolute atomic E-state index is 11.6. The van der Waals surface area contributed by atoms with Crippen molar-refractivity contribution in [1.82, 2.24) is 4.98 Å². The van der Waals surface area contributed by atoms with Gasteiger partial charge < -0.3 is 10.4 Å². The number of aromatic nitrogens is 1. The van der Waals surface area contributed by atoms with E-state index in [9.17, 15) is 9.90 Å². The molecule has 4 nitrogen and oxygen atoms in total. The first-order valence-corrected chi connectivity index (χ1v) is 6.50. The first kappa shape index (κ1) is 13.5. The SMILES string of the molecule is CC(Nc1ccccc1Br)(C(=O)O)c1ccncc1. The predicted octanol–water partition coefficient (Wildman–Crippen LogP) is 3.26. The lowest BCUT2D eigenvalue weighted by Crippen LogP contribution is -2.40. The molecule has 0 amide bonds. The summed E-state index contributed by atoms with van der Waals surface area (Å²) in [5.74, 6) is -0.950. The topological polar surface area (TPSA) is 62.2 Å². The fourth-order valence-corrected chi connectivity index (χ4v) is 2.15. The molecule has 1 atom stereocenters. The van der Waals surface area contributed by atoms with E-state index in [-0.39, 0.29) is 0 Å². The first-order chi connectivity index (χ1) is 9.04. The van der Waals surface area contributed by atoms with Crippen LogP contribution in [0.5, 0.6) is 0 Å². The third-order valence-corrected chi connectivity index (χ3v) is 3.64. The number of para-hydroxylation sites is 1. The van der Waals surface area contributed by atoms with E-state index >= 15 is 0 Å². The molecule has 2 rings (SSSR count). The second kappa shape index (κ2) is 5.40. The summed E-state index contributed by atoms with van der Waals surface area (Å²) in [5, 5.41) is 12.6. The van der Waals surface area contributed by atoms with Crippen molar-refractivity contribution in [3.63, 3.8) is 0 Å². The van der Waals surface area contributed by atoms with Crippen molar-refractivity contribution >= 4 is 27.6 Å².